The van der Waals surface area contributed by atoms with E-state index < -0.39 is 0 Å². The lowest BCUT2D eigenvalue weighted by Crippen LogP contribution is -1.93. The van der Waals surface area contributed by atoms with Gasteiger partial charge in [0.15, 0.2) is 0 Å². The summed E-state index contributed by atoms with van der Waals surface area (Å²) < 4.78 is 5.20. The molecular weight excluding hydrogens is 148 g/mol. The first-order valence-corrected chi connectivity index (χ1v) is 4.38. The minimum atomic E-state index is 0.577. The van der Waals surface area contributed by atoms with Crippen LogP contribution in [0.1, 0.15) is 5.82 Å². The second-order valence-corrected chi connectivity index (χ2v) is 2.60. The van der Waals surface area contributed by atoms with Crippen LogP contribution in [0.3, 0.4) is 0 Å². The molecule has 1 aromatic heterocycles. The fraction of sp³-hybridized carbons (Fsp3) is 0.500. The molecule has 0 aliphatic carbocycles. The minimum Gasteiger partial charge on any atom is -0.363 e. The molecule has 56 valence electrons. The van der Waals surface area contributed by atoms with Crippen molar-refractivity contribution in [3.05, 3.63) is 18.2 Å². The van der Waals surface area contributed by atoms with Crippen LogP contribution >= 0.6 is 11.8 Å². The highest BCUT2D eigenvalue weighted by Crippen LogP contribution is 1.96. The molecular formula is C6H10N2OS. The van der Waals surface area contributed by atoms with Crippen LogP contribution in [0.4, 0.5) is 0 Å². The molecule has 0 atom stereocenters. The number of aromatic nitrogens is 2. The van der Waals surface area contributed by atoms with Crippen molar-refractivity contribution in [1.82, 2.24) is 9.97 Å². The summed E-state index contributed by atoms with van der Waals surface area (Å²) >= 11 is 1.66. The van der Waals surface area contributed by atoms with E-state index in [0.717, 1.165) is 11.8 Å². The Hall–Kier alpha value is -0.480. The summed E-state index contributed by atoms with van der Waals surface area (Å²) in [5.41, 5.74) is 0. The number of aromatic amines is 1. The van der Waals surface area contributed by atoms with Crippen molar-refractivity contribution in [1.29, 1.82) is 0 Å². The molecule has 1 N–H and O–H groups in total. The van der Waals surface area contributed by atoms with Crippen LogP contribution in [0, 0.1) is 0 Å². The van der Waals surface area contributed by atoms with Crippen molar-refractivity contribution in [2.45, 2.75) is 6.61 Å². The van der Waals surface area contributed by atoms with Crippen LogP contribution in [0.2, 0.25) is 0 Å². The van der Waals surface area contributed by atoms with Crippen molar-refractivity contribution in [2.75, 3.05) is 12.2 Å². The quantitative estimate of drug-likeness (QED) is 0.529. The van der Waals surface area contributed by atoms with Crippen LogP contribution < -0.4 is 0 Å². The largest absolute Gasteiger partial charge is 0.363 e. The summed E-state index contributed by atoms with van der Waals surface area (Å²) in [4.78, 5) is 6.95. The average molecular weight is 158 g/mol. The number of rotatable bonds is 4. The van der Waals surface area contributed by atoms with Gasteiger partial charge in [0.25, 0.3) is 0 Å². The second-order valence-electron chi connectivity index (χ2n) is 1.79. The van der Waals surface area contributed by atoms with Gasteiger partial charge in [-0.1, -0.05) is 0 Å². The predicted octanol–water partition coefficient (Wildman–Crippen LogP) is 1.25. The highest BCUT2D eigenvalue weighted by molar-refractivity contribution is 7.98. The molecule has 0 bridgehead atoms. The van der Waals surface area contributed by atoms with Gasteiger partial charge in [-0.15, -0.1) is 11.8 Å². The molecule has 1 heterocycles. The normalized spacial score (nSPS) is 10.1. The summed E-state index contributed by atoms with van der Waals surface area (Å²) in [6.45, 7) is 0.577. The molecule has 3 nitrogen and oxygen atoms in total. The van der Waals surface area contributed by atoms with E-state index in [-0.39, 0.29) is 0 Å². The Morgan fingerprint density at radius 2 is 2.70 bits per heavy atom. The highest BCUT2D eigenvalue weighted by Gasteiger charge is 1.91. The molecule has 0 amide bonds. The van der Waals surface area contributed by atoms with E-state index in [1.54, 1.807) is 24.2 Å². The number of hydrogen-bond acceptors (Lipinski definition) is 3. The fourth-order valence-corrected chi connectivity index (χ4v) is 0.849. The first-order chi connectivity index (χ1) is 4.93. The van der Waals surface area contributed by atoms with Crippen LogP contribution in [0.15, 0.2) is 12.4 Å². The van der Waals surface area contributed by atoms with Crippen molar-refractivity contribution in [2.24, 2.45) is 0 Å². The maximum Gasteiger partial charge on any atom is 0.132 e. The van der Waals surface area contributed by atoms with Gasteiger partial charge in [0.1, 0.15) is 12.4 Å². The third kappa shape index (κ3) is 2.41. The summed E-state index contributed by atoms with van der Waals surface area (Å²) in [5.74, 6) is 1.61. The Morgan fingerprint density at radius 1 is 1.80 bits per heavy atom. The number of ether oxygens (including phenoxy) is 1. The standard InChI is InChI=1S/C6H10N2OS/c1-10-5-9-4-6-7-2-3-8-6/h2-3H,4-5H2,1H3,(H,7,8). The molecule has 0 aliphatic rings. The lowest BCUT2D eigenvalue weighted by molar-refractivity contribution is 0.163. The number of thioether (sulfide) groups is 1. The minimum absolute atomic E-state index is 0.577. The van der Waals surface area contributed by atoms with E-state index in [4.69, 9.17) is 4.74 Å². The number of hydrogen-bond donors (Lipinski definition) is 1. The van der Waals surface area contributed by atoms with Gasteiger partial charge in [-0.2, -0.15) is 0 Å². The number of nitrogens with zero attached hydrogens (tertiary/aromatic N) is 1. The SMILES string of the molecule is CSCOCc1ncc[nH]1. The predicted molar refractivity (Wildman–Crippen MR) is 41.8 cm³/mol. The Kier molecular flexibility index (Phi) is 3.32. The van der Waals surface area contributed by atoms with Gasteiger partial charge in [-0.3, -0.25) is 0 Å². The van der Waals surface area contributed by atoms with Crippen molar-refractivity contribution < 1.29 is 4.74 Å². The molecule has 0 saturated heterocycles. The van der Waals surface area contributed by atoms with Crippen LogP contribution in [-0.2, 0) is 11.3 Å². The number of H-pyrrole nitrogens is 1. The Labute approximate surface area is 64.2 Å². The van der Waals surface area contributed by atoms with E-state index in [1.807, 2.05) is 6.26 Å². The van der Waals surface area contributed by atoms with E-state index in [2.05, 4.69) is 9.97 Å². The topological polar surface area (TPSA) is 37.9 Å². The van der Waals surface area contributed by atoms with Crippen LogP contribution in [0.25, 0.3) is 0 Å². The zero-order chi connectivity index (χ0) is 7.23. The maximum atomic E-state index is 5.20. The maximum absolute atomic E-state index is 5.20. The zero-order valence-electron chi connectivity index (χ0n) is 5.83. The molecule has 0 saturated carbocycles. The molecule has 4 heteroatoms. The Bertz CT molecular complexity index is 164. The second kappa shape index (κ2) is 4.35. The summed E-state index contributed by atoms with van der Waals surface area (Å²) in [6.07, 6.45) is 5.51. The summed E-state index contributed by atoms with van der Waals surface area (Å²) in [7, 11) is 0. The van der Waals surface area contributed by atoms with Crippen LogP contribution in [0.5, 0.6) is 0 Å². The van der Waals surface area contributed by atoms with E-state index in [1.165, 1.54) is 0 Å². The van der Waals surface area contributed by atoms with Gasteiger partial charge in [-0.25, -0.2) is 4.98 Å². The average Bonchev–Trinajstić information content (AvgIpc) is 2.41. The van der Waals surface area contributed by atoms with Crippen LogP contribution in [-0.4, -0.2) is 22.2 Å². The van der Waals surface area contributed by atoms with Crippen molar-refractivity contribution >= 4 is 11.8 Å². The van der Waals surface area contributed by atoms with E-state index in [0.29, 0.717) is 6.61 Å². The van der Waals surface area contributed by atoms with E-state index >= 15 is 0 Å². The molecule has 0 aromatic carbocycles. The number of nitrogens with one attached hydrogen (secondary N) is 1. The highest BCUT2D eigenvalue weighted by atomic mass is 32.2. The smallest absolute Gasteiger partial charge is 0.132 e. The van der Waals surface area contributed by atoms with Crippen molar-refractivity contribution in [3.63, 3.8) is 0 Å². The first-order valence-electron chi connectivity index (χ1n) is 2.98. The molecule has 0 spiro atoms. The van der Waals surface area contributed by atoms with Gasteiger partial charge in [-0.05, 0) is 6.26 Å². The lowest BCUT2D eigenvalue weighted by Gasteiger charge is -1.96. The lowest BCUT2D eigenvalue weighted by atomic mass is 10.7. The Morgan fingerprint density at radius 3 is 3.30 bits per heavy atom. The zero-order valence-corrected chi connectivity index (χ0v) is 6.65. The molecule has 0 radical (unpaired) electrons. The third-order valence-corrected chi connectivity index (χ3v) is 1.40. The van der Waals surface area contributed by atoms with Gasteiger partial charge in [0.2, 0.25) is 0 Å². The van der Waals surface area contributed by atoms with Gasteiger partial charge in [0, 0.05) is 12.4 Å². The van der Waals surface area contributed by atoms with Gasteiger partial charge >= 0.3 is 0 Å². The van der Waals surface area contributed by atoms with E-state index in [9.17, 15) is 0 Å². The molecule has 0 aliphatic heterocycles. The van der Waals surface area contributed by atoms with Gasteiger partial charge < -0.3 is 9.72 Å². The summed E-state index contributed by atoms with van der Waals surface area (Å²) in [6, 6.07) is 0. The third-order valence-electron chi connectivity index (χ3n) is 0.995. The molecule has 0 fully saturated rings. The fourth-order valence-electron chi connectivity index (χ4n) is 0.599. The summed E-state index contributed by atoms with van der Waals surface area (Å²) in [5, 5.41) is 0. The number of imidazole rings is 1. The van der Waals surface area contributed by atoms with Gasteiger partial charge in [0.05, 0.1) is 5.94 Å². The first kappa shape index (κ1) is 7.63. The molecule has 1 rings (SSSR count). The molecule has 0 unspecified atom stereocenters. The Balaban J connectivity index is 2.15. The molecule has 1 aromatic rings. The van der Waals surface area contributed by atoms with Crippen molar-refractivity contribution in [3.8, 4) is 0 Å². The monoisotopic (exact) mass is 158 g/mol. The molecule has 10 heavy (non-hydrogen) atoms.